The van der Waals surface area contributed by atoms with Crippen molar-refractivity contribution in [2.24, 2.45) is 0 Å². The molecule has 4 N–H and O–H groups in total. The van der Waals surface area contributed by atoms with Crippen molar-refractivity contribution < 1.29 is 43.2 Å². The lowest BCUT2D eigenvalue weighted by molar-refractivity contribution is -0.139. The van der Waals surface area contributed by atoms with Crippen LogP contribution in [0.2, 0.25) is 0 Å². The van der Waals surface area contributed by atoms with Crippen LogP contribution >= 0.6 is 0 Å². The van der Waals surface area contributed by atoms with E-state index in [1.54, 1.807) is 34.9 Å². The summed E-state index contributed by atoms with van der Waals surface area (Å²) in [6.07, 6.45) is -2.77. The zero-order chi connectivity index (χ0) is 33.5. The molecule has 1 aromatic heterocycles. The highest BCUT2D eigenvalue weighted by atomic mass is 19.1. The Bertz CT molecular complexity index is 1700. The van der Waals surface area contributed by atoms with Gasteiger partial charge in [-0.2, -0.15) is 0 Å². The van der Waals surface area contributed by atoms with Gasteiger partial charge in [-0.3, -0.25) is 9.59 Å². The summed E-state index contributed by atoms with van der Waals surface area (Å²) < 4.78 is 34.9. The van der Waals surface area contributed by atoms with Gasteiger partial charge in [0.25, 0.3) is 5.91 Å². The fourth-order valence-electron chi connectivity index (χ4n) is 5.58. The number of carbonyl (C=O) groups is 3. The monoisotopic (exact) mass is 634 g/mol. The number of nitrogens with zero attached hydrogens (tertiary/aromatic N) is 1. The number of aliphatic hydroxyl groups excluding tert-OH is 2. The first-order chi connectivity index (χ1) is 21.9. The minimum Gasteiger partial charge on any atom is -0.481 e. The number of ether oxygens (including phenoxy) is 1. The molecule has 1 heterocycles. The number of esters is 1. The topological polar surface area (TPSA) is 138 Å². The van der Waals surface area contributed by atoms with Crippen molar-refractivity contribution in [1.29, 1.82) is 0 Å². The van der Waals surface area contributed by atoms with Crippen molar-refractivity contribution in [3.05, 3.63) is 101 Å². The van der Waals surface area contributed by atoms with Gasteiger partial charge in [-0.1, -0.05) is 36.4 Å². The lowest BCUT2D eigenvalue weighted by Crippen LogP contribution is -2.23. The molecular weight excluding hydrogens is 598 g/mol. The van der Waals surface area contributed by atoms with Gasteiger partial charge in [-0.05, 0) is 80.6 Å². The zero-order valence-electron chi connectivity index (χ0n) is 25.7. The first kappa shape index (κ1) is 34.0. The van der Waals surface area contributed by atoms with E-state index in [1.807, 2.05) is 13.8 Å². The molecule has 9 nitrogen and oxygen atoms in total. The van der Waals surface area contributed by atoms with E-state index in [1.165, 1.54) is 49.6 Å². The second-order valence-corrected chi connectivity index (χ2v) is 11.2. The van der Waals surface area contributed by atoms with Crippen LogP contribution < -0.4 is 5.32 Å². The van der Waals surface area contributed by atoms with Gasteiger partial charge in [0.1, 0.15) is 17.3 Å². The molecule has 0 fully saturated rings. The first-order valence-corrected chi connectivity index (χ1v) is 14.8. The van der Waals surface area contributed by atoms with Gasteiger partial charge in [0.05, 0.1) is 37.0 Å². The van der Waals surface area contributed by atoms with Crippen LogP contribution in [0.25, 0.3) is 22.3 Å². The summed E-state index contributed by atoms with van der Waals surface area (Å²) in [4.78, 5) is 37.9. The Morgan fingerprint density at radius 2 is 1.41 bits per heavy atom. The smallest absolute Gasteiger partial charge is 0.339 e. The molecule has 0 aliphatic rings. The molecule has 46 heavy (non-hydrogen) atoms. The summed E-state index contributed by atoms with van der Waals surface area (Å²) in [6, 6.07) is 17.3. The quantitative estimate of drug-likeness (QED) is 0.128. The Kier molecular flexibility index (Phi) is 11.0. The molecule has 3 aromatic carbocycles. The molecule has 242 valence electrons. The molecule has 1 amide bonds. The minimum absolute atomic E-state index is 0.0939. The van der Waals surface area contributed by atoms with Gasteiger partial charge in [0.15, 0.2) is 0 Å². The number of rotatable bonds is 13. The Balaban J connectivity index is 1.94. The molecule has 0 saturated heterocycles. The maximum atomic E-state index is 14.3. The van der Waals surface area contributed by atoms with Crippen LogP contribution in [0.15, 0.2) is 72.8 Å². The number of aliphatic carboxylic acids is 1. The Labute approximate surface area is 265 Å². The molecule has 0 aliphatic carbocycles. The fourth-order valence-corrected chi connectivity index (χ4v) is 5.58. The van der Waals surface area contributed by atoms with Crippen molar-refractivity contribution in [3.63, 3.8) is 0 Å². The lowest BCUT2D eigenvalue weighted by Gasteiger charge is -2.20. The number of anilines is 1. The van der Waals surface area contributed by atoms with Gasteiger partial charge in [-0.25, -0.2) is 13.6 Å². The highest BCUT2D eigenvalue weighted by Gasteiger charge is 2.31. The Morgan fingerprint density at radius 3 is 1.96 bits per heavy atom. The number of hydrogen-bond acceptors (Lipinski definition) is 6. The van der Waals surface area contributed by atoms with E-state index in [0.29, 0.717) is 27.9 Å². The summed E-state index contributed by atoms with van der Waals surface area (Å²) in [5.74, 6) is -3.40. The standard InChI is InChI=1S/C35H36F2N2O7/c1-20(2)39-29(17-16-25(40)18-26(41)19-30(42)43)31(21-8-12-23(36)13-9-21)32(22-10-14-24(37)15-11-22)33(39)34(44)38-28-7-5-4-6-27(28)35(45)46-3/h4-15,20,25-26,40-41H,16-19H2,1-3H3,(H,38,44)(H,42,43). The highest BCUT2D eigenvalue weighted by molar-refractivity contribution is 6.13. The Hall–Kier alpha value is -4.87. The molecule has 0 radical (unpaired) electrons. The number of carboxylic acids is 1. The van der Waals surface area contributed by atoms with Crippen LogP contribution in [0, 0.1) is 11.6 Å². The Morgan fingerprint density at radius 1 is 0.848 bits per heavy atom. The maximum Gasteiger partial charge on any atom is 0.339 e. The van der Waals surface area contributed by atoms with E-state index in [2.05, 4.69) is 5.32 Å². The summed E-state index contributed by atoms with van der Waals surface area (Å²) in [5, 5.41) is 32.7. The van der Waals surface area contributed by atoms with Gasteiger partial charge < -0.3 is 29.9 Å². The SMILES string of the molecule is COC(=O)c1ccccc1NC(=O)c1c(-c2ccc(F)cc2)c(-c2ccc(F)cc2)c(CCC(O)CC(O)CC(=O)O)n1C(C)C. The normalized spacial score (nSPS) is 12.5. The van der Waals surface area contributed by atoms with E-state index in [9.17, 15) is 33.4 Å². The van der Waals surface area contributed by atoms with Gasteiger partial charge >= 0.3 is 11.9 Å². The number of aromatic nitrogens is 1. The molecule has 2 atom stereocenters. The number of benzene rings is 3. The summed E-state index contributed by atoms with van der Waals surface area (Å²) in [6.45, 7) is 3.72. The average Bonchev–Trinajstić information content (AvgIpc) is 3.35. The third-order valence-electron chi connectivity index (χ3n) is 7.55. The minimum atomic E-state index is -1.26. The second-order valence-electron chi connectivity index (χ2n) is 11.2. The van der Waals surface area contributed by atoms with Crippen molar-refractivity contribution in [1.82, 2.24) is 4.57 Å². The number of aliphatic hydroxyl groups is 2. The molecule has 0 aliphatic heterocycles. The lowest BCUT2D eigenvalue weighted by atomic mass is 9.92. The van der Waals surface area contributed by atoms with E-state index in [-0.39, 0.29) is 42.2 Å². The third-order valence-corrected chi connectivity index (χ3v) is 7.55. The van der Waals surface area contributed by atoms with Crippen molar-refractivity contribution >= 4 is 23.5 Å². The highest BCUT2D eigenvalue weighted by Crippen LogP contribution is 2.43. The number of carbonyl (C=O) groups excluding carboxylic acids is 2. The number of hydrogen-bond donors (Lipinski definition) is 4. The number of amides is 1. The molecule has 0 bridgehead atoms. The van der Waals surface area contributed by atoms with Gasteiger partial charge in [0, 0.05) is 22.9 Å². The van der Waals surface area contributed by atoms with Crippen LogP contribution in [0.5, 0.6) is 0 Å². The van der Waals surface area contributed by atoms with Crippen molar-refractivity contribution in [2.75, 3.05) is 12.4 Å². The van der Waals surface area contributed by atoms with Crippen LogP contribution in [0.1, 0.15) is 65.7 Å². The molecule has 4 rings (SSSR count). The molecule has 0 saturated carbocycles. The van der Waals surface area contributed by atoms with Crippen molar-refractivity contribution in [2.45, 2.75) is 57.8 Å². The van der Waals surface area contributed by atoms with E-state index >= 15 is 0 Å². The third kappa shape index (κ3) is 7.85. The van der Waals surface area contributed by atoms with E-state index in [4.69, 9.17) is 9.84 Å². The molecule has 2 unspecified atom stereocenters. The number of carboxylic acid groups (broad SMARTS) is 1. The molecular formula is C35H36F2N2O7. The predicted molar refractivity (Wildman–Crippen MR) is 169 cm³/mol. The number of methoxy groups -OCH3 is 1. The first-order valence-electron chi connectivity index (χ1n) is 14.8. The zero-order valence-corrected chi connectivity index (χ0v) is 25.7. The number of halogens is 2. The molecule has 4 aromatic rings. The second kappa shape index (κ2) is 14.9. The summed E-state index contributed by atoms with van der Waals surface area (Å²) in [7, 11) is 1.23. The largest absolute Gasteiger partial charge is 0.481 e. The number of nitrogens with one attached hydrogen (secondary N) is 1. The number of para-hydroxylation sites is 1. The van der Waals surface area contributed by atoms with Gasteiger partial charge in [-0.15, -0.1) is 0 Å². The van der Waals surface area contributed by atoms with Crippen molar-refractivity contribution in [3.8, 4) is 22.3 Å². The predicted octanol–water partition coefficient (Wildman–Crippen LogP) is 6.24. The average molecular weight is 635 g/mol. The van der Waals surface area contributed by atoms with Crippen LogP contribution in [0.3, 0.4) is 0 Å². The van der Waals surface area contributed by atoms with Crippen LogP contribution in [-0.2, 0) is 16.0 Å². The molecule has 0 spiro atoms. The van der Waals surface area contributed by atoms with Crippen LogP contribution in [0.4, 0.5) is 14.5 Å². The van der Waals surface area contributed by atoms with Gasteiger partial charge in [0.2, 0.25) is 0 Å². The maximum absolute atomic E-state index is 14.3. The van der Waals surface area contributed by atoms with Crippen LogP contribution in [-0.4, -0.2) is 57.1 Å². The summed E-state index contributed by atoms with van der Waals surface area (Å²) in [5.41, 5.74) is 3.12. The summed E-state index contributed by atoms with van der Waals surface area (Å²) >= 11 is 0. The van der Waals surface area contributed by atoms with E-state index in [0.717, 1.165) is 0 Å². The molecule has 11 heteroatoms. The fraction of sp³-hybridized carbons (Fsp3) is 0.286. The van der Waals surface area contributed by atoms with E-state index < -0.39 is 48.1 Å².